The number of anilines is 1. The van der Waals surface area contributed by atoms with Gasteiger partial charge in [0.15, 0.2) is 5.65 Å². The number of carbonyl (C=O) groups excluding carboxylic acids is 1. The van der Waals surface area contributed by atoms with Crippen molar-refractivity contribution in [3.63, 3.8) is 0 Å². The Kier molecular flexibility index (Phi) is 4.11. The lowest BCUT2D eigenvalue weighted by Crippen LogP contribution is -2.18. The maximum Gasteiger partial charge on any atom is 0.256 e. The van der Waals surface area contributed by atoms with Crippen molar-refractivity contribution in [2.45, 2.75) is 13.0 Å². The number of fused-ring (bicyclic) bond motifs is 1. The van der Waals surface area contributed by atoms with Crippen LogP contribution in [0.1, 0.15) is 28.9 Å². The van der Waals surface area contributed by atoms with Crippen molar-refractivity contribution in [3.8, 4) is 0 Å². The molecule has 2 aromatic heterocycles. The smallest absolute Gasteiger partial charge is 0.256 e. The topological polar surface area (TPSA) is 71.3 Å². The van der Waals surface area contributed by atoms with E-state index in [-0.39, 0.29) is 11.5 Å². The molecule has 0 bridgehead atoms. The number of benzene rings is 1. The number of amides is 1. The van der Waals surface area contributed by atoms with Crippen LogP contribution < -0.4 is 10.6 Å². The van der Waals surface area contributed by atoms with Gasteiger partial charge in [-0.25, -0.2) is 18.3 Å². The van der Waals surface area contributed by atoms with E-state index in [9.17, 15) is 13.6 Å². The van der Waals surface area contributed by atoms with Crippen LogP contribution in [-0.4, -0.2) is 27.6 Å². The molecule has 0 aliphatic carbocycles. The first-order chi connectivity index (χ1) is 11.5. The Hall–Kier alpha value is -3.03. The van der Waals surface area contributed by atoms with Gasteiger partial charge >= 0.3 is 0 Å². The second-order valence-corrected chi connectivity index (χ2v) is 5.25. The standard InChI is InChI=1S/C16H15F2N5O/c1-9(11-7-10(17)3-4-13(11)18)21-14-5-6-23-15(22-14)12(8-20-23)16(24)19-2/h3-9H,1-2H3,(H,19,24)(H,21,22). The third-order valence-corrected chi connectivity index (χ3v) is 3.63. The molecule has 0 aliphatic rings. The fourth-order valence-corrected chi connectivity index (χ4v) is 2.39. The summed E-state index contributed by atoms with van der Waals surface area (Å²) in [5.74, 6) is -0.905. The SMILES string of the molecule is CNC(=O)c1cnn2ccc(NC(C)c3cc(F)ccc3F)nc12. The summed E-state index contributed by atoms with van der Waals surface area (Å²) in [6, 6.07) is 4.42. The molecule has 0 saturated carbocycles. The summed E-state index contributed by atoms with van der Waals surface area (Å²) in [5, 5.41) is 9.56. The Bertz CT molecular complexity index is 909. The van der Waals surface area contributed by atoms with Gasteiger partial charge in [-0.05, 0) is 31.2 Å². The molecular weight excluding hydrogens is 316 g/mol. The van der Waals surface area contributed by atoms with E-state index in [1.165, 1.54) is 17.8 Å². The van der Waals surface area contributed by atoms with Crippen LogP contribution in [0.25, 0.3) is 5.65 Å². The molecule has 2 heterocycles. The molecule has 1 amide bonds. The highest BCUT2D eigenvalue weighted by Crippen LogP contribution is 2.22. The summed E-state index contributed by atoms with van der Waals surface area (Å²) in [6.07, 6.45) is 3.05. The summed E-state index contributed by atoms with van der Waals surface area (Å²) in [6.45, 7) is 1.69. The van der Waals surface area contributed by atoms with Gasteiger partial charge in [-0.3, -0.25) is 4.79 Å². The largest absolute Gasteiger partial charge is 0.363 e. The second-order valence-electron chi connectivity index (χ2n) is 5.25. The lowest BCUT2D eigenvalue weighted by molar-refractivity contribution is 0.0964. The van der Waals surface area contributed by atoms with Crippen LogP contribution in [0.2, 0.25) is 0 Å². The second kappa shape index (κ2) is 6.23. The fraction of sp³-hybridized carbons (Fsp3) is 0.188. The molecular formula is C16H15F2N5O. The van der Waals surface area contributed by atoms with Crippen molar-refractivity contribution < 1.29 is 13.6 Å². The Labute approximate surface area is 136 Å². The van der Waals surface area contributed by atoms with Gasteiger partial charge in [0.05, 0.1) is 12.2 Å². The van der Waals surface area contributed by atoms with Crippen molar-refractivity contribution in [1.29, 1.82) is 0 Å². The van der Waals surface area contributed by atoms with Crippen molar-refractivity contribution in [1.82, 2.24) is 19.9 Å². The van der Waals surface area contributed by atoms with Gasteiger partial charge in [0.25, 0.3) is 5.91 Å². The Balaban J connectivity index is 1.92. The van der Waals surface area contributed by atoms with Gasteiger partial charge in [-0.15, -0.1) is 0 Å². The van der Waals surface area contributed by atoms with Crippen molar-refractivity contribution in [2.75, 3.05) is 12.4 Å². The maximum absolute atomic E-state index is 13.8. The van der Waals surface area contributed by atoms with Crippen molar-refractivity contribution >= 4 is 17.4 Å². The van der Waals surface area contributed by atoms with E-state index in [0.717, 1.165) is 18.2 Å². The number of nitrogens with one attached hydrogen (secondary N) is 2. The molecule has 8 heteroatoms. The van der Waals surface area contributed by atoms with Gasteiger partial charge in [0.1, 0.15) is 23.0 Å². The van der Waals surface area contributed by atoms with E-state index in [4.69, 9.17) is 0 Å². The third-order valence-electron chi connectivity index (χ3n) is 3.63. The molecule has 24 heavy (non-hydrogen) atoms. The van der Waals surface area contributed by atoms with E-state index >= 15 is 0 Å². The predicted octanol–water partition coefficient (Wildman–Crippen LogP) is 2.54. The zero-order valence-electron chi connectivity index (χ0n) is 13.0. The highest BCUT2D eigenvalue weighted by Gasteiger charge is 2.15. The Morgan fingerprint density at radius 2 is 2.08 bits per heavy atom. The average molecular weight is 331 g/mol. The number of hydrogen-bond donors (Lipinski definition) is 2. The first kappa shape index (κ1) is 15.9. The molecule has 1 aromatic carbocycles. The quantitative estimate of drug-likeness (QED) is 0.771. The third kappa shape index (κ3) is 2.90. The van der Waals surface area contributed by atoms with E-state index in [0.29, 0.717) is 17.0 Å². The first-order valence-electron chi connectivity index (χ1n) is 7.27. The monoisotopic (exact) mass is 331 g/mol. The molecule has 6 nitrogen and oxygen atoms in total. The van der Waals surface area contributed by atoms with E-state index in [1.54, 1.807) is 19.2 Å². The number of carbonyl (C=O) groups is 1. The minimum Gasteiger partial charge on any atom is -0.363 e. The molecule has 3 rings (SSSR count). The lowest BCUT2D eigenvalue weighted by Gasteiger charge is -2.16. The molecule has 1 unspecified atom stereocenters. The predicted molar refractivity (Wildman–Crippen MR) is 84.8 cm³/mol. The summed E-state index contributed by atoms with van der Waals surface area (Å²) < 4.78 is 28.6. The highest BCUT2D eigenvalue weighted by molar-refractivity contribution is 5.99. The zero-order chi connectivity index (χ0) is 17.3. The molecule has 0 saturated heterocycles. The van der Waals surface area contributed by atoms with E-state index in [2.05, 4.69) is 20.7 Å². The zero-order valence-corrected chi connectivity index (χ0v) is 13.0. The van der Waals surface area contributed by atoms with Crippen LogP contribution >= 0.6 is 0 Å². The van der Waals surface area contributed by atoms with Crippen LogP contribution in [0.5, 0.6) is 0 Å². The normalized spacial score (nSPS) is 12.2. The molecule has 2 N–H and O–H groups in total. The minimum atomic E-state index is -0.513. The molecule has 0 radical (unpaired) electrons. The van der Waals surface area contributed by atoms with E-state index < -0.39 is 17.7 Å². The number of hydrogen-bond acceptors (Lipinski definition) is 4. The van der Waals surface area contributed by atoms with Gasteiger partial charge in [0, 0.05) is 18.8 Å². The lowest BCUT2D eigenvalue weighted by atomic mass is 10.1. The number of rotatable bonds is 4. The van der Waals surface area contributed by atoms with Crippen LogP contribution in [0.3, 0.4) is 0 Å². The molecule has 0 fully saturated rings. The summed E-state index contributed by atoms with van der Waals surface area (Å²) in [4.78, 5) is 16.1. The Morgan fingerprint density at radius 1 is 1.29 bits per heavy atom. The van der Waals surface area contributed by atoms with Gasteiger partial charge in [0.2, 0.25) is 0 Å². The fourth-order valence-electron chi connectivity index (χ4n) is 2.39. The number of nitrogens with zero attached hydrogens (tertiary/aromatic N) is 3. The number of halogens is 2. The summed E-state index contributed by atoms with van der Waals surface area (Å²) >= 11 is 0. The molecule has 124 valence electrons. The molecule has 0 spiro atoms. The van der Waals surface area contributed by atoms with Gasteiger partial charge < -0.3 is 10.6 Å². The first-order valence-corrected chi connectivity index (χ1v) is 7.27. The van der Waals surface area contributed by atoms with E-state index in [1.807, 2.05) is 0 Å². The van der Waals surface area contributed by atoms with Crippen LogP contribution in [-0.2, 0) is 0 Å². The highest BCUT2D eigenvalue weighted by atomic mass is 19.1. The van der Waals surface area contributed by atoms with Crippen LogP contribution in [0.15, 0.2) is 36.7 Å². The van der Waals surface area contributed by atoms with Gasteiger partial charge in [-0.2, -0.15) is 5.10 Å². The van der Waals surface area contributed by atoms with Crippen LogP contribution in [0, 0.1) is 11.6 Å². The average Bonchev–Trinajstić information content (AvgIpc) is 2.99. The van der Waals surface area contributed by atoms with Crippen molar-refractivity contribution in [3.05, 3.63) is 59.4 Å². The molecule has 0 aliphatic heterocycles. The molecule has 3 aromatic rings. The minimum absolute atomic E-state index is 0.191. The number of aromatic nitrogens is 3. The maximum atomic E-state index is 13.8. The Morgan fingerprint density at radius 3 is 2.83 bits per heavy atom. The molecule has 1 atom stereocenters. The van der Waals surface area contributed by atoms with Crippen molar-refractivity contribution in [2.24, 2.45) is 0 Å². The van der Waals surface area contributed by atoms with Gasteiger partial charge in [-0.1, -0.05) is 0 Å². The van der Waals surface area contributed by atoms with Crippen LogP contribution in [0.4, 0.5) is 14.6 Å². The summed E-state index contributed by atoms with van der Waals surface area (Å²) in [7, 11) is 1.52. The summed E-state index contributed by atoms with van der Waals surface area (Å²) in [5.41, 5.74) is 0.883.